The predicted molar refractivity (Wildman–Crippen MR) is 70.9 cm³/mol. The zero-order valence-electron chi connectivity index (χ0n) is 10.0. The van der Waals surface area contributed by atoms with E-state index >= 15 is 0 Å². The van der Waals surface area contributed by atoms with Crippen LogP contribution in [0.1, 0.15) is 16.7 Å². The Bertz CT molecular complexity index is 306. The molecule has 0 saturated heterocycles. The summed E-state index contributed by atoms with van der Waals surface area (Å²) in [7, 11) is 3.30. The highest BCUT2D eigenvalue weighted by molar-refractivity contribution is 9.10. The fraction of sp³-hybridized carbons (Fsp3) is 0.636. The molecule has 0 aliphatic heterocycles. The number of thiophene rings is 1. The topological polar surface area (TPSA) is 30.5 Å². The molecule has 0 bridgehead atoms. The van der Waals surface area contributed by atoms with E-state index in [0.717, 1.165) is 6.54 Å². The number of ether oxygens (including phenoxy) is 2. The summed E-state index contributed by atoms with van der Waals surface area (Å²) < 4.78 is 11.6. The van der Waals surface area contributed by atoms with Gasteiger partial charge in [0.15, 0.2) is 6.29 Å². The smallest absolute Gasteiger partial charge is 0.171 e. The van der Waals surface area contributed by atoms with Gasteiger partial charge in [0.1, 0.15) is 0 Å². The van der Waals surface area contributed by atoms with Crippen molar-refractivity contribution >= 4 is 27.3 Å². The van der Waals surface area contributed by atoms with Gasteiger partial charge < -0.3 is 14.8 Å². The normalized spacial score (nSPS) is 13.4. The van der Waals surface area contributed by atoms with Gasteiger partial charge in [0, 0.05) is 35.0 Å². The van der Waals surface area contributed by atoms with E-state index in [1.54, 1.807) is 25.6 Å². The highest BCUT2D eigenvalue weighted by Gasteiger charge is 2.15. The van der Waals surface area contributed by atoms with E-state index in [0.29, 0.717) is 0 Å². The lowest BCUT2D eigenvalue weighted by molar-refractivity contribution is -0.119. The zero-order chi connectivity index (χ0) is 12.1. The lowest BCUT2D eigenvalue weighted by Crippen LogP contribution is -2.39. The molecule has 3 nitrogen and oxygen atoms in total. The van der Waals surface area contributed by atoms with Gasteiger partial charge in [-0.05, 0) is 35.8 Å². The number of nitrogens with one attached hydrogen (secondary N) is 1. The van der Waals surface area contributed by atoms with Crippen LogP contribution in [0.15, 0.2) is 10.5 Å². The Hall–Kier alpha value is 0.0600. The highest BCUT2D eigenvalue weighted by atomic mass is 79.9. The average Bonchev–Trinajstić information content (AvgIpc) is 2.57. The summed E-state index contributed by atoms with van der Waals surface area (Å²) in [6.07, 6.45) is -0.204. The van der Waals surface area contributed by atoms with Crippen LogP contribution in [0, 0.1) is 6.92 Å². The molecule has 16 heavy (non-hydrogen) atoms. The molecule has 0 fully saturated rings. The minimum absolute atomic E-state index is 0.163. The van der Waals surface area contributed by atoms with Crippen molar-refractivity contribution in [3.8, 4) is 0 Å². The molecule has 0 aliphatic carbocycles. The minimum Gasteiger partial charge on any atom is -0.354 e. The molecule has 1 N–H and O–H groups in total. The summed E-state index contributed by atoms with van der Waals surface area (Å²) in [4.78, 5) is 2.61. The molecule has 1 aromatic rings. The number of rotatable bonds is 6. The number of methoxy groups -OCH3 is 2. The second kappa shape index (κ2) is 6.71. The van der Waals surface area contributed by atoms with Crippen LogP contribution in [-0.2, 0) is 16.0 Å². The maximum atomic E-state index is 5.19. The lowest BCUT2D eigenvalue weighted by Gasteiger charge is -2.21. The second-order valence-corrected chi connectivity index (χ2v) is 5.82. The monoisotopic (exact) mass is 307 g/mol. The van der Waals surface area contributed by atoms with Crippen LogP contribution in [0.5, 0.6) is 0 Å². The van der Waals surface area contributed by atoms with E-state index in [2.05, 4.69) is 34.2 Å². The summed E-state index contributed by atoms with van der Waals surface area (Å²) >= 11 is 5.30. The van der Waals surface area contributed by atoms with Crippen molar-refractivity contribution in [1.29, 1.82) is 0 Å². The van der Waals surface area contributed by atoms with Gasteiger partial charge in [0.05, 0.1) is 6.04 Å². The second-order valence-electron chi connectivity index (χ2n) is 3.63. The number of halogens is 1. The van der Waals surface area contributed by atoms with Gasteiger partial charge in [-0.3, -0.25) is 0 Å². The van der Waals surface area contributed by atoms with E-state index in [1.807, 2.05) is 6.92 Å². The quantitative estimate of drug-likeness (QED) is 0.820. The largest absolute Gasteiger partial charge is 0.354 e. The first-order valence-electron chi connectivity index (χ1n) is 5.12. The van der Waals surface area contributed by atoms with Crippen molar-refractivity contribution in [2.24, 2.45) is 0 Å². The molecule has 1 heterocycles. The Morgan fingerprint density at radius 3 is 2.50 bits per heavy atom. The molecule has 0 aromatic carbocycles. The number of aryl methyl sites for hydroxylation is 1. The van der Waals surface area contributed by atoms with Gasteiger partial charge in [0.25, 0.3) is 0 Å². The summed E-state index contributed by atoms with van der Waals surface area (Å²) in [5.41, 5.74) is 0. The lowest BCUT2D eigenvalue weighted by atomic mass is 10.3. The standard InChI is InChI=1S/C11H18BrNO2S/c1-7(11(14-3)15-4)13-6-9-5-10(12)8(2)16-9/h5,7,11,13H,6H2,1-4H3. The van der Waals surface area contributed by atoms with Crippen molar-refractivity contribution in [1.82, 2.24) is 5.32 Å². The Balaban J connectivity index is 2.45. The van der Waals surface area contributed by atoms with Crippen molar-refractivity contribution in [3.05, 3.63) is 20.3 Å². The molecule has 5 heteroatoms. The van der Waals surface area contributed by atoms with Gasteiger partial charge in [-0.1, -0.05) is 0 Å². The molecule has 1 aromatic heterocycles. The third-order valence-electron chi connectivity index (χ3n) is 2.38. The third kappa shape index (κ3) is 3.82. The Kier molecular flexibility index (Phi) is 5.92. The fourth-order valence-electron chi connectivity index (χ4n) is 1.47. The van der Waals surface area contributed by atoms with E-state index in [4.69, 9.17) is 9.47 Å². The first kappa shape index (κ1) is 14.1. The average molecular weight is 308 g/mol. The SMILES string of the molecule is COC(OC)C(C)NCc1cc(Br)c(C)s1. The highest BCUT2D eigenvalue weighted by Crippen LogP contribution is 2.26. The molecule has 1 atom stereocenters. The molecular formula is C11H18BrNO2S. The molecule has 1 rings (SSSR count). The van der Waals surface area contributed by atoms with Gasteiger partial charge in [0.2, 0.25) is 0 Å². The third-order valence-corrected chi connectivity index (χ3v) is 4.52. The summed E-state index contributed by atoms with van der Waals surface area (Å²) in [5.74, 6) is 0. The van der Waals surface area contributed by atoms with Gasteiger partial charge in [-0.25, -0.2) is 0 Å². The maximum absolute atomic E-state index is 5.19. The predicted octanol–water partition coefficient (Wildman–Crippen LogP) is 2.92. The van der Waals surface area contributed by atoms with Crippen molar-refractivity contribution in [3.63, 3.8) is 0 Å². The first-order chi connectivity index (χ1) is 7.58. The molecule has 92 valence electrons. The Morgan fingerprint density at radius 2 is 2.06 bits per heavy atom. The van der Waals surface area contributed by atoms with Gasteiger partial charge in [-0.15, -0.1) is 11.3 Å². The molecule has 0 amide bonds. The van der Waals surface area contributed by atoms with E-state index in [1.165, 1.54) is 14.2 Å². The van der Waals surface area contributed by atoms with Crippen molar-refractivity contribution in [2.45, 2.75) is 32.7 Å². The van der Waals surface area contributed by atoms with Crippen LogP contribution in [0.2, 0.25) is 0 Å². The van der Waals surface area contributed by atoms with Crippen LogP contribution >= 0.6 is 27.3 Å². The fourth-order valence-corrected chi connectivity index (χ4v) is 3.02. The molecule has 0 spiro atoms. The number of hydrogen-bond acceptors (Lipinski definition) is 4. The Morgan fingerprint density at radius 1 is 1.44 bits per heavy atom. The van der Waals surface area contributed by atoms with Crippen molar-refractivity contribution in [2.75, 3.05) is 14.2 Å². The van der Waals surface area contributed by atoms with Gasteiger partial charge >= 0.3 is 0 Å². The number of hydrogen-bond donors (Lipinski definition) is 1. The summed E-state index contributed by atoms with van der Waals surface area (Å²) in [5, 5.41) is 3.38. The van der Waals surface area contributed by atoms with E-state index < -0.39 is 0 Å². The van der Waals surface area contributed by atoms with Crippen LogP contribution in [0.4, 0.5) is 0 Å². The van der Waals surface area contributed by atoms with Crippen LogP contribution in [-0.4, -0.2) is 26.6 Å². The molecule has 1 unspecified atom stereocenters. The van der Waals surface area contributed by atoms with Crippen LogP contribution in [0.3, 0.4) is 0 Å². The molecule has 0 radical (unpaired) electrons. The zero-order valence-corrected chi connectivity index (χ0v) is 12.4. The maximum Gasteiger partial charge on any atom is 0.171 e. The molecule has 0 aliphatic rings. The van der Waals surface area contributed by atoms with Gasteiger partial charge in [-0.2, -0.15) is 0 Å². The minimum atomic E-state index is -0.204. The molecule has 0 saturated carbocycles. The first-order valence-corrected chi connectivity index (χ1v) is 6.73. The molecular weight excluding hydrogens is 290 g/mol. The summed E-state index contributed by atoms with van der Waals surface area (Å²) in [6.45, 7) is 4.99. The van der Waals surface area contributed by atoms with Crippen LogP contribution < -0.4 is 5.32 Å². The van der Waals surface area contributed by atoms with Crippen LogP contribution in [0.25, 0.3) is 0 Å². The van der Waals surface area contributed by atoms with Crippen molar-refractivity contribution < 1.29 is 9.47 Å². The summed E-state index contributed by atoms with van der Waals surface area (Å²) in [6, 6.07) is 2.31. The van der Waals surface area contributed by atoms with E-state index in [-0.39, 0.29) is 12.3 Å². The Labute approximate surface area is 109 Å². The van der Waals surface area contributed by atoms with E-state index in [9.17, 15) is 0 Å².